The van der Waals surface area contributed by atoms with Gasteiger partial charge >= 0.3 is 24.7 Å². The maximum atomic E-state index is 14.3. The molecule has 0 bridgehead atoms. The van der Waals surface area contributed by atoms with Crippen LogP contribution in [0, 0.1) is 22.7 Å². The first-order chi connectivity index (χ1) is 30.2. The Bertz CT molecular complexity index is 3260. The Kier molecular flexibility index (Phi) is 9.38. The molecule has 9 aromatic rings. The van der Waals surface area contributed by atoms with Crippen molar-refractivity contribution in [2.24, 2.45) is 0 Å². The molecule has 0 saturated heterocycles. The lowest BCUT2D eigenvalue weighted by Gasteiger charge is -2.23. The minimum absolute atomic E-state index is 0.0160. The van der Waals surface area contributed by atoms with Crippen molar-refractivity contribution in [3.05, 3.63) is 167 Å². The Morgan fingerprint density at radius 3 is 0.938 bits per heavy atom. The largest absolute Gasteiger partial charge is 0.416 e. The summed E-state index contributed by atoms with van der Waals surface area (Å²) < 4.78 is 173. The van der Waals surface area contributed by atoms with Crippen LogP contribution in [0.3, 0.4) is 0 Å². The molecule has 0 unspecified atom stereocenters. The second kappa shape index (κ2) is 14.4. The molecule has 16 heteroatoms. The number of nitrogens with zero attached hydrogens (tertiary/aromatic N) is 4. The van der Waals surface area contributed by atoms with Gasteiger partial charge in [0.25, 0.3) is 0 Å². The Labute approximate surface area is 352 Å². The number of aromatic nitrogens is 2. The SMILES string of the molecule is N#Cc1ccccc1-c1cc(-n2c3ccc(C(F)(F)F)cc3c3cc(C(F)(F)F)ccc32)cc(-c2ccccc2C#N)c1-n1c2ccc(C(F)(F)F)cc2c2cc(C(F)(F)F)ccc21. The van der Waals surface area contributed by atoms with Crippen molar-refractivity contribution in [1.29, 1.82) is 10.5 Å². The van der Waals surface area contributed by atoms with Gasteiger partial charge < -0.3 is 9.13 Å². The van der Waals surface area contributed by atoms with E-state index in [-0.39, 0.29) is 88.4 Å². The average Bonchev–Trinajstić information content (AvgIpc) is 3.76. The van der Waals surface area contributed by atoms with E-state index < -0.39 is 47.0 Å². The molecule has 0 amide bonds. The minimum Gasteiger partial charge on any atom is -0.309 e. The highest BCUT2D eigenvalue weighted by molar-refractivity contribution is 6.13. The van der Waals surface area contributed by atoms with Gasteiger partial charge in [-0.2, -0.15) is 63.2 Å². The van der Waals surface area contributed by atoms with E-state index in [1.807, 2.05) is 0 Å². The van der Waals surface area contributed by atoms with E-state index in [9.17, 15) is 63.2 Å². The van der Waals surface area contributed by atoms with Crippen LogP contribution in [-0.4, -0.2) is 9.13 Å². The number of fused-ring (bicyclic) bond motifs is 6. The summed E-state index contributed by atoms with van der Waals surface area (Å²) in [7, 11) is 0. The van der Waals surface area contributed by atoms with E-state index in [1.165, 1.54) is 45.5 Å². The third-order valence-electron chi connectivity index (χ3n) is 11.1. The van der Waals surface area contributed by atoms with Crippen molar-refractivity contribution in [1.82, 2.24) is 9.13 Å². The van der Waals surface area contributed by atoms with Crippen LogP contribution in [0.1, 0.15) is 33.4 Å². The Hall–Kier alpha value is -7.72. The molecule has 0 fully saturated rings. The normalized spacial score (nSPS) is 12.7. The number of alkyl halides is 12. The molecule has 0 saturated carbocycles. The van der Waals surface area contributed by atoms with E-state index >= 15 is 0 Å². The number of rotatable bonds is 4. The van der Waals surface area contributed by atoms with Gasteiger partial charge in [0.15, 0.2) is 0 Å². The van der Waals surface area contributed by atoms with Gasteiger partial charge in [-0.1, -0.05) is 36.4 Å². The molecule has 2 heterocycles. The van der Waals surface area contributed by atoms with Gasteiger partial charge in [0, 0.05) is 49.5 Å². The van der Waals surface area contributed by atoms with Crippen molar-refractivity contribution in [3.8, 4) is 45.8 Å². The highest BCUT2D eigenvalue weighted by Crippen LogP contribution is 2.48. The van der Waals surface area contributed by atoms with Crippen molar-refractivity contribution in [3.63, 3.8) is 0 Å². The van der Waals surface area contributed by atoms with Crippen LogP contribution in [0.15, 0.2) is 133 Å². The molecule has 0 aliphatic heterocycles. The summed E-state index contributed by atoms with van der Waals surface area (Å²) in [4.78, 5) is 0. The molecule has 0 N–H and O–H groups in total. The zero-order valence-electron chi connectivity index (χ0n) is 32.0. The van der Waals surface area contributed by atoms with Crippen LogP contribution in [0.25, 0.3) is 77.2 Å². The number of halogens is 12. The first-order valence-corrected chi connectivity index (χ1v) is 18.8. The van der Waals surface area contributed by atoms with Gasteiger partial charge in [-0.3, -0.25) is 0 Å². The minimum atomic E-state index is -4.91. The molecular weight excluding hydrogens is 861 g/mol. The molecule has 64 heavy (non-hydrogen) atoms. The van der Waals surface area contributed by atoms with Crippen molar-refractivity contribution in [2.45, 2.75) is 24.7 Å². The number of nitriles is 2. The van der Waals surface area contributed by atoms with Crippen LogP contribution in [-0.2, 0) is 24.7 Å². The molecule has 7 aromatic carbocycles. The van der Waals surface area contributed by atoms with Crippen molar-refractivity contribution < 1.29 is 52.7 Å². The highest BCUT2D eigenvalue weighted by atomic mass is 19.4. The van der Waals surface area contributed by atoms with Gasteiger partial charge in [-0.05, 0) is 97.1 Å². The molecule has 0 radical (unpaired) electrons. The van der Waals surface area contributed by atoms with Crippen LogP contribution < -0.4 is 0 Å². The molecule has 318 valence electrons. The van der Waals surface area contributed by atoms with E-state index in [1.54, 1.807) is 24.3 Å². The maximum absolute atomic E-state index is 14.3. The molecule has 0 atom stereocenters. The smallest absolute Gasteiger partial charge is 0.309 e. The lowest BCUT2D eigenvalue weighted by atomic mass is 9.90. The first-order valence-electron chi connectivity index (χ1n) is 18.8. The lowest BCUT2D eigenvalue weighted by molar-refractivity contribution is -0.138. The third kappa shape index (κ3) is 6.82. The second-order valence-electron chi connectivity index (χ2n) is 14.8. The van der Waals surface area contributed by atoms with Crippen LogP contribution in [0.4, 0.5) is 52.7 Å². The number of hydrogen-bond donors (Lipinski definition) is 0. The highest BCUT2D eigenvalue weighted by Gasteiger charge is 2.36. The average molecular weight is 883 g/mol. The zero-order chi connectivity index (χ0) is 45.7. The second-order valence-corrected chi connectivity index (χ2v) is 14.8. The topological polar surface area (TPSA) is 57.4 Å². The molecule has 2 aromatic heterocycles. The maximum Gasteiger partial charge on any atom is 0.416 e. The quantitative estimate of drug-likeness (QED) is 0.165. The molecule has 9 rings (SSSR count). The van der Waals surface area contributed by atoms with E-state index in [0.717, 1.165) is 72.8 Å². The van der Waals surface area contributed by atoms with Crippen LogP contribution >= 0.6 is 0 Å². The van der Waals surface area contributed by atoms with Crippen molar-refractivity contribution >= 4 is 43.6 Å². The molecule has 0 aliphatic carbocycles. The fourth-order valence-electron chi connectivity index (χ4n) is 8.30. The Morgan fingerprint density at radius 2 is 0.641 bits per heavy atom. The van der Waals surface area contributed by atoms with Gasteiger partial charge in [0.1, 0.15) is 0 Å². The van der Waals surface area contributed by atoms with Gasteiger partial charge in [-0.15, -0.1) is 0 Å². The fourth-order valence-corrected chi connectivity index (χ4v) is 8.30. The lowest BCUT2D eigenvalue weighted by Crippen LogP contribution is -2.07. The standard InChI is InChI=1S/C48H22F12N4/c49-45(50,51)27-9-13-40-34(17-27)35-18-28(46(52,53)54)10-14-41(35)63(40)31-21-38(32-7-3-1-5-25(32)23-61)44(39(22-31)33-8-4-2-6-26(33)24-62)64-42-15-11-29(47(55,56)57)19-36(42)37-20-30(48(58,59)60)12-16-43(37)64/h1-22H. The van der Waals surface area contributed by atoms with Crippen LogP contribution in [0.5, 0.6) is 0 Å². The summed E-state index contributed by atoms with van der Waals surface area (Å²) in [5, 5.41) is 20.0. The van der Waals surface area contributed by atoms with Gasteiger partial charge in [0.05, 0.1) is 73.3 Å². The van der Waals surface area contributed by atoms with Crippen LogP contribution in [0.2, 0.25) is 0 Å². The first kappa shape index (κ1) is 41.6. The molecule has 0 spiro atoms. The Morgan fingerprint density at radius 1 is 0.344 bits per heavy atom. The molecule has 4 nitrogen and oxygen atoms in total. The fraction of sp³-hybridized carbons (Fsp3) is 0.0833. The predicted molar refractivity (Wildman–Crippen MR) is 215 cm³/mol. The van der Waals surface area contributed by atoms with Crippen molar-refractivity contribution in [2.75, 3.05) is 0 Å². The monoisotopic (exact) mass is 882 g/mol. The van der Waals surface area contributed by atoms with Gasteiger partial charge in [-0.25, -0.2) is 0 Å². The van der Waals surface area contributed by atoms with E-state index in [0.29, 0.717) is 0 Å². The molecular formula is C48H22F12N4. The van der Waals surface area contributed by atoms with E-state index in [4.69, 9.17) is 0 Å². The zero-order valence-corrected chi connectivity index (χ0v) is 32.0. The van der Waals surface area contributed by atoms with Gasteiger partial charge in [0.2, 0.25) is 0 Å². The number of benzene rings is 7. The molecule has 0 aliphatic rings. The number of hydrogen-bond acceptors (Lipinski definition) is 2. The summed E-state index contributed by atoms with van der Waals surface area (Å²) >= 11 is 0. The summed E-state index contributed by atoms with van der Waals surface area (Å²) in [5.74, 6) is 0. The summed E-state index contributed by atoms with van der Waals surface area (Å²) in [6, 6.07) is 29.6. The predicted octanol–water partition coefficient (Wildman–Crippen LogP) is 15.0. The third-order valence-corrected chi connectivity index (χ3v) is 11.1. The van der Waals surface area contributed by atoms with E-state index in [2.05, 4.69) is 12.1 Å². The Balaban J connectivity index is 1.51. The summed E-state index contributed by atoms with van der Waals surface area (Å²) in [5.41, 5.74) is -3.84. The summed E-state index contributed by atoms with van der Waals surface area (Å²) in [6.45, 7) is 0. The summed E-state index contributed by atoms with van der Waals surface area (Å²) in [6.07, 6.45) is -19.6.